The third-order valence-corrected chi connectivity index (χ3v) is 4.64. The van der Waals surface area contributed by atoms with Crippen molar-refractivity contribution in [2.75, 3.05) is 44.6 Å². The molecule has 1 aromatic carbocycles. The molecule has 0 saturated carbocycles. The van der Waals surface area contributed by atoms with Crippen molar-refractivity contribution >= 4 is 23.2 Å². The topological polar surface area (TPSA) is 35.6 Å². The van der Waals surface area contributed by atoms with Crippen LogP contribution in [0.25, 0.3) is 0 Å². The number of amides is 1. The predicted molar refractivity (Wildman–Crippen MR) is 97.1 cm³/mol. The van der Waals surface area contributed by atoms with Crippen molar-refractivity contribution in [1.29, 1.82) is 0 Å². The highest BCUT2D eigenvalue weighted by molar-refractivity contribution is 6.33. The van der Waals surface area contributed by atoms with Gasteiger partial charge in [0.15, 0.2) is 0 Å². The zero-order valence-electron chi connectivity index (χ0n) is 14.1. The van der Waals surface area contributed by atoms with Crippen LogP contribution in [0.4, 0.5) is 5.69 Å². The minimum absolute atomic E-state index is 0.00879. The molecular formula is C18H28ClN3O. The average Bonchev–Trinajstić information content (AvgIpc) is 2.55. The molecule has 4 nitrogen and oxygen atoms in total. The second-order valence-corrected chi connectivity index (χ2v) is 6.61. The van der Waals surface area contributed by atoms with Crippen LogP contribution in [0.1, 0.15) is 32.6 Å². The number of anilines is 1. The number of hydrogen-bond donors (Lipinski definition) is 1. The smallest absolute Gasteiger partial charge is 0.238 e. The Hall–Kier alpha value is -1.10. The Kier molecular flexibility index (Phi) is 7.86. The molecule has 1 aromatic rings. The first-order chi connectivity index (χ1) is 11.2. The van der Waals surface area contributed by atoms with Crippen molar-refractivity contribution in [1.82, 2.24) is 9.80 Å². The maximum absolute atomic E-state index is 12.1. The lowest BCUT2D eigenvalue weighted by atomic mass is 10.2. The Labute approximate surface area is 144 Å². The largest absolute Gasteiger partial charge is 0.324 e. The van der Waals surface area contributed by atoms with E-state index in [1.54, 1.807) is 6.07 Å². The third-order valence-electron chi connectivity index (χ3n) is 4.31. The van der Waals surface area contributed by atoms with Gasteiger partial charge >= 0.3 is 0 Å². The average molecular weight is 338 g/mol. The number of carbonyl (C=O) groups is 1. The van der Waals surface area contributed by atoms with Gasteiger partial charge in [-0.1, -0.05) is 49.9 Å². The lowest BCUT2D eigenvalue weighted by Crippen LogP contribution is -2.48. The first-order valence-electron chi connectivity index (χ1n) is 8.68. The highest BCUT2D eigenvalue weighted by atomic mass is 35.5. The Morgan fingerprint density at radius 3 is 2.48 bits per heavy atom. The van der Waals surface area contributed by atoms with Crippen LogP contribution >= 0.6 is 11.6 Å². The van der Waals surface area contributed by atoms with Gasteiger partial charge in [0.1, 0.15) is 0 Å². The molecule has 0 unspecified atom stereocenters. The van der Waals surface area contributed by atoms with Crippen LogP contribution < -0.4 is 5.32 Å². The van der Waals surface area contributed by atoms with E-state index in [4.69, 9.17) is 11.6 Å². The number of rotatable bonds is 8. The highest BCUT2D eigenvalue weighted by Gasteiger charge is 2.18. The molecule has 128 valence electrons. The van der Waals surface area contributed by atoms with Gasteiger partial charge in [-0.05, 0) is 25.1 Å². The molecule has 1 amide bonds. The normalized spacial score (nSPS) is 16.4. The molecule has 1 N–H and O–H groups in total. The van der Waals surface area contributed by atoms with Gasteiger partial charge < -0.3 is 10.2 Å². The third kappa shape index (κ3) is 6.50. The molecule has 1 saturated heterocycles. The summed E-state index contributed by atoms with van der Waals surface area (Å²) in [6, 6.07) is 7.35. The zero-order valence-corrected chi connectivity index (χ0v) is 14.8. The Bertz CT molecular complexity index is 487. The van der Waals surface area contributed by atoms with Crippen LogP contribution in [0.3, 0.4) is 0 Å². The molecule has 0 spiro atoms. The van der Waals surface area contributed by atoms with E-state index in [2.05, 4.69) is 22.0 Å². The summed E-state index contributed by atoms with van der Waals surface area (Å²) in [6.07, 6.45) is 5.24. The summed E-state index contributed by atoms with van der Waals surface area (Å²) in [6.45, 7) is 7.92. The van der Waals surface area contributed by atoms with Crippen LogP contribution in [0, 0.1) is 0 Å². The SMILES string of the molecule is CCCCCCN1CCN(CC(=O)Nc2ccccc2Cl)CC1. The van der Waals surface area contributed by atoms with E-state index in [-0.39, 0.29) is 5.91 Å². The van der Waals surface area contributed by atoms with E-state index in [1.165, 1.54) is 32.2 Å². The summed E-state index contributed by atoms with van der Waals surface area (Å²) in [5.74, 6) is 0.00879. The second-order valence-electron chi connectivity index (χ2n) is 6.21. The Morgan fingerprint density at radius 1 is 1.09 bits per heavy atom. The summed E-state index contributed by atoms with van der Waals surface area (Å²) in [5, 5.41) is 3.47. The summed E-state index contributed by atoms with van der Waals surface area (Å²) < 4.78 is 0. The molecule has 0 aromatic heterocycles. The lowest BCUT2D eigenvalue weighted by molar-refractivity contribution is -0.117. The number of halogens is 1. The maximum Gasteiger partial charge on any atom is 0.238 e. The number of nitrogens with one attached hydrogen (secondary N) is 1. The number of nitrogens with zero attached hydrogens (tertiary/aromatic N) is 2. The van der Waals surface area contributed by atoms with Crippen LogP contribution in [-0.4, -0.2) is 55.0 Å². The molecule has 23 heavy (non-hydrogen) atoms. The van der Waals surface area contributed by atoms with Gasteiger partial charge in [0.05, 0.1) is 17.3 Å². The first kappa shape index (κ1) is 18.2. The van der Waals surface area contributed by atoms with Gasteiger partial charge in [-0.3, -0.25) is 9.69 Å². The number of carbonyl (C=O) groups excluding carboxylic acids is 1. The van der Waals surface area contributed by atoms with Gasteiger partial charge in [-0.25, -0.2) is 0 Å². The van der Waals surface area contributed by atoms with E-state index in [0.717, 1.165) is 26.2 Å². The minimum Gasteiger partial charge on any atom is -0.324 e. The van der Waals surface area contributed by atoms with E-state index < -0.39 is 0 Å². The predicted octanol–water partition coefficient (Wildman–Crippen LogP) is 3.48. The molecule has 1 heterocycles. The number of piperazine rings is 1. The van der Waals surface area contributed by atoms with Crippen LogP contribution in [-0.2, 0) is 4.79 Å². The van der Waals surface area contributed by atoms with Gasteiger partial charge in [-0.2, -0.15) is 0 Å². The van der Waals surface area contributed by atoms with Gasteiger partial charge in [0.2, 0.25) is 5.91 Å². The Morgan fingerprint density at radius 2 is 1.78 bits per heavy atom. The molecule has 1 fully saturated rings. The van der Waals surface area contributed by atoms with E-state index in [0.29, 0.717) is 17.3 Å². The number of para-hydroxylation sites is 1. The van der Waals surface area contributed by atoms with Crippen molar-refractivity contribution in [3.63, 3.8) is 0 Å². The fraction of sp³-hybridized carbons (Fsp3) is 0.611. The van der Waals surface area contributed by atoms with Crippen molar-refractivity contribution in [3.05, 3.63) is 29.3 Å². The molecule has 2 rings (SSSR count). The highest BCUT2D eigenvalue weighted by Crippen LogP contribution is 2.20. The molecule has 0 atom stereocenters. The fourth-order valence-corrected chi connectivity index (χ4v) is 3.07. The van der Waals surface area contributed by atoms with Crippen LogP contribution in [0.15, 0.2) is 24.3 Å². The first-order valence-corrected chi connectivity index (χ1v) is 9.06. The van der Waals surface area contributed by atoms with Gasteiger partial charge in [0, 0.05) is 26.2 Å². The summed E-state index contributed by atoms with van der Waals surface area (Å²) >= 11 is 6.07. The minimum atomic E-state index is 0.00879. The van der Waals surface area contributed by atoms with Gasteiger partial charge in [-0.15, -0.1) is 0 Å². The number of benzene rings is 1. The summed E-state index contributed by atoms with van der Waals surface area (Å²) in [5.41, 5.74) is 0.689. The van der Waals surface area contributed by atoms with E-state index in [1.807, 2.05) is 18.2 Å². The molecular weight excluding hydrogens is 310 g/mol. The molecule has 5 heteroatoms. The van der Waals surface area contributed by atoms with Crippen molar-refractivity contribution in [2.24, 2.45) is 0 Å². The maximum atomic E-state index is 12.1. The standard InChI is InChI=1S/C18H28ClN3O/c1-2-3-4-7-10-21-11-13-22(14-12-21)15-18(23)20-17-9-6-5-8-16(17)19/h5-6,8-9H,2-4,7,10-15H2,1H3,(H,20,23). The zero-order chi connectivity index (χ0) is 16.5. The number of unbranched alkanes of at least 4 members (excludes halogenated alkanes) is 3. The number of hydrogen-bond acceptors (Lipinski definition) is 3. The lowest BCUT2D eigenvalue weighted by Gasteiger charge is -2.34. The summed E-state index contributed by atoms with van der Waals surface area (Å²) in [4.78, 5) is 16.9. The fourth-order valence-electron chi connectivity index (χ4n) is 2.89. The van der Waals surface area contributed by atoms with Crippen molar-refractivity contribution in [3.8, 4) is 0 Å². The molecule has 0 radical (unpaired) electrons. The van der Waals surface area contributed by atoms with E-state index >= 15 is 0 Å². The van der Waals surface area contributed by atoms with Crippen LogP contribution in [0.5, 0.6) is 0 Å². The quantitative estimate of drug-likeness (QED) is 0.738. The monoisotopic (exact) mass is 337 g/mol. The summed E-state index contributed by atoms with van der Waals surface area (Å²) in [7, 11) is 0. The second kappa shape index (κ2) is 9.91. The molecule has 0 bridgehead atoms. The van der Waals surface area contributed by atoms with Gasteiger partial charge in [0.25, 0.3) is 0 Å². The Balaban J connectivity index is 1.66. The van der Waals surface area contributed by atoms with Crippen molar-refractivity contribution < 1.29 is 4.79 Å². The van der Waals surface area contributed by atoms with E-state index in [9.17, 15) is 4.79 Å². The van der Waals surface area contributed by atoms with Crippen LogP contribution in [0.2, 0.25) is 5.02 Å². The van der Waals surface area contributed by atoms with Crippen molar-refractivity contribution in [2.45, 2.75) is 32.6 Å². The molecule has 1 aliphatic rings. The molecule has 0 aliphatic carbocycles. The molecule has 1 aliphatic heterocycles.